The van der Waals surface area contributed by atoms with Crippen molar-refractivity contribution in [2.24, 2.45) is 5.73 Å². The van der Waals surface area contributed by atoms with Gasteiger partial charge in [-0.3, -0.25) is 0 Å². The monoisotopic (exact) mass is 224 g/mol. The van der Waals surface area contributed by atoms with Gasteiger partial charge in [-0.1, -0.05) is 28.1 Å². The number of rotatable bonds is 2. The molecule has 0 atom stereocenters. The number of nitrogens with two attached hydrogens (primary N) is 1. The average Bonchev–Trinajstić information content (AvgIpc) is 2.09. The van der Waals surface area contributed by atoms with E-state index in [1.165, 1.54) is 0 Å². The lowest BCUT2D eigenvalue weighted by Gasteiger charge is -2.02. The second-order valence-electron chi connectivity index (χ2n) is 2.46. The zero-order chi connectivity index (χ0) is 8.97. The van der Waals surface area contributed by atoms with Crippen molar-refractivity contribution in [3.8, 4) is 6.07 Å². The summed E-state index contributed by atoms with van der Waals surface area (Å²) in [4.78, 5) is 0. The van der Waals surface area contributed by atoms with Crippen molar-refractivity contribution >= 4 is 15.9 Å². The molecule has 0 radical (unpaired) electrons. The molecule has 0 fully saturated rings. The molecule has 0 saturated carbocycles. The van der Waals surface area contributed by atoms with Crippen molar-refractivity contribution < 1.29 is 0 Å². The summed E-state index contributed by atoms with van der Waals surface area (Å²) in [5.41, 5.74) is 7.53. The van der Waals surface area contributed by atoms with Crippen molar-refractivity contribution in [2.75, 3.05) is 0 Å². The minimum absolute atomic E-state index is 0.425. The van der Waals surface area contributed by atoms with Crippen LogP contribution < -0.4 is 5.73 Å². The van der Waals surface area contributed by atoms with Gasteiger partial charge >= 0.3 is 0 Å². The standard InChI is InChI=1S/C9H9BrN2/c10-9-2-1-7(6-12)5-8(9)3-4-11/h1-2,5H,3,6,12H2. The van der Waals surface area contributed by atoms with Gasteiger partial charge in [0.2, 0.25) is 0 Å². The predicted molar refractivity (Wildman–Crippen MR) is 51.4 cm³/mol. The van der Waals surface area contributed by atoms with Crippen molar-refractivity contribution in [2.45, 2.75) is 13.0 Å². The maximum absolute atomic E-state index is 8.51. The summed E-state index contributed by atoms with van der Waals surface area (Å²) in [5.74, 6) is 0. The quantitative estimate of drug-likeness (QED) is 0.836. The van der Waals surface area contributed by atoms with Crippen LogP contribution in [0.1, 0.15) is 11.1 Å². The zero-order valence-electron chi connectivity index (χ0n) is 6.55. The van der Waals surface area contributed by atoms with Crippen LogP contribution >= 0.6 is 15.9 Å². The molecule has 0 aliphatic heterocycles. The number of nitriles is 1. The summed E-state index contributed by atoms with van der Waals surface area (Å²) in [5, 5.41) is 8.51. The number of nitrogens with zero attached hydrogens (tertiary/aromatic N) is 1. The SMILES string of the molecule is N#CCc1cc(CN)ccc1Br. The molecule has 0 unspecified atom stereocenters. The average molecular weight is 225 g/mol. The first-order chi connectivity index (χ1) is 5.77. The fourth-order valence-electron chi connectivity index (χ4n) is 0.976. The van der Waals surface area contributed by atoms with Crippen LogP contribution in [-0.4, -0.2) is 0 Å². The molecule has 0 aromatic heterocycles. The van der Waals surface area contributed by atoms with Crippen LogP contribution in [0.25, 0.3) is 0 Å². The van der Waals surface area contributed by atoms with Gasteiger partial charge in [0, 0.05) is 11.0 Å². The van der Waals surface area contributed by atoms with Crippen LogP contribution in [0.4, 0.5) is 0 Å². The highest BCUT2D eigenvalue weighted by Crippen LogP contribution is 2.18. The van der Waals surface area contributed by atoms with E-state index in [-0.39, 0.29) is 0 Å². The summed E-state index contributed by atoms with van der Waals surface area (Å²) in [6.07, 6.45) is 0.425. The third-order valence-corrected chi connectivity index (χ3v) is 2.39. The molecular weight excluding hydrogens is 216 g/mol. The first-order valence-electron chi connectivity index (χ1n) is 3.62. The Morgan fingerprint density at radius 3 is 2.83 bits per heavy atom. The Bertz CT molecular complexity index is 315. The van der Waals surface area contributed by atoms with Crippen LogP contribution in [-0.2, 0) is 13.0 Å². The molecule has 0 saturated heterocycles. The van der Waals surface area contributed by atoms with Gasteiger partial charge in [0.05, 0.1) is 12.5 Å². The van der Waals surface area contributed by atoms with Gasteiger partial charge in [-0.15, -0.1) is 0 Å². The van der Waals surface area contributed by atoms with E-state index in [9.17, 15) is 0 Å². The number of hydrogen-bond acceptors (Lipinski definition) is 2. The highest BCUT2D eigenvalue weighted by molar-refractivity contribution is 9.10. The largest absolute Gasteiger partial charge is 0.326 e. The maximum Gasteiger partial charge on any atom is 0.0670 e. The normalized spacial score (nSPS) is 9.42. The van der Waals surface area contributed by atoms with E-state index >= 15 is 0 Å². The summed E-state index contributed by atoms with van der Waals surface area (Å²) < 4.78 is 0.973. The first kappa shape index (κ1) is 9.24. The third kappa shape index (κ3) is 2.07. The molecule has 0 heterocycles. The lowest BCUT2D eigenvalue weighted by atomic mass is 10.1. The van der Waals surface area contributed by atoms with Gasteiger partial charge in [-0.05, 0) is 17.2 Å². The molecule has 1 rings (SSSR count). The second kappa shape index (κ2) is 4.24. The third-order valence-electron chi connectivity index (χ3n) is 1.62. The fraction of sp³-hybridized carbons (Fsp3) is 0.222. The molecule has 0 aliphatic carbocycles. The summed E-state index contributed by atoms with van der Waals surface area (Å²) >= 11 is 3.37. The predicted octanol–water partition coefficient (Wildman–Crippen LogP) is 1.97. The molecule has 0 bridgehead atoms. The van der Waals surface area contributed by atoms with E-state index in [0.717, 1.165) is 15.6 Å². The van der Waals surface area contributed by atoms with E-state index < -0.39 is 0 Å². The van der Waals surface area contributed by atoms with Crippen LogP contribution in [0.15, 0.2) is 22.7 Å². The summed E-state index contributed by atoms with van der Waals surface area (Å²) in [7, 11) is 0. The molecule has 3 heteroatoms. The van der Waals surface area contributed by atoms with E-state index in [4.69, 9.17) is 11.0 Å². The Kier molecular flexibility index (Phi) is 3.27. The van der Waals surface area contributed by atoms with Gasteiger partial charge in [-0.2, -0.15) is 5.26 Å². The van der Waals surface area contributed by atoms with E-state index in [2.05, 4.69) is 22.0 Å². The highest BCUT2D eigenvalue weighted by atomic mass is 79.9. The number of benzene rings is 1. The van der Waals surface area contributed by atoms with Gasteiger partial charge in [0.15, 0.2) is 0 Å². The van der Waals surface area contributed by atoms with Crippen LogP contribution in [0.2, 0.25) is 0 Å². The first-order valence-corrected chi connectivity index (χ1v) is 4.41. The second-order valence-corrected chi connectivity index (χ2v) is 3.32. The molecule has 0 aliphatic rings. The van der Waals surface area contributed by atoms with Gasteiger partial charge in [0.25, 0.3) is 0 Å². The molecule has 0 amide bonds. The van der Waals surface area contributed by atoms with Crippen molar-refractivity contribution in [1.29, 1.82) is 5.26 Å². The summed E-state index contributed by atoms with van der Waals surface area (Å²) in [6.45, 7) is 0.520. The lowest BCUT2D eigenvalue weighted by molar-refractivity contribution is 1.06. The fourth-order valence-corrected chi connectivity index (χ4v) is 1.36. The molecule has 2 nitrogen and oxygen atoms in total. The molecule has 0 spiro atoms. The Hall–Kier alpha value is -0.850. The molecule has 2 N–H and O–H groups in total. The topological polar surface area (TPSA) is 49.8 Å². The minimum atomic E-state index is 0.425. The highest BCUT2D eigenvalue weighted by Gasteiger charge is 1.99. The molecule has 1 aromatic carbocycles. The summed E-state index contributed by atoms with van der Waals surface area (Å²) in [6, 6.07) is 7.93. The zero-order valence-corrected chi connectivity index (χ0v) is 8.13. The Balaban J connectivity index is 3.01. The number of hydrogen-bond donors (Lipinski definition) is 1. The molecule has 12 heavy (non-hydrogen) atoms. The number of halogens is 1. The lowest BCUT2D eigenvalue weighted by Crippen LogP contribution is -1.97. The van der Waals surface area contributed by atoms with Gasteiger partial charge < -0.3 is 5.73 Å². The Labute approximate surface area is 80.1 Å². The van der Waals surface area contributed by atoms with Crippen LogP contribution in [0.5, 0.6) is 0 Å². The molecule has 1 aromatic rings. The molecule has 62 valence electrons. The maximum atomic E-state index is 8.51. The van der Waals surface area contributed by atoms with E-state index in [1.807, 2.05) is 18.2 Å². The van der Waals surface area contributed by atoms with Gasteiger partial charge in [-0.25, -0.2) is 0 Å². The Morgan fingerprint density at radius 2 is 2.25 bits per heavy atom. The van der Waals surface area contributed by atoms with E-state index in [1.54, 1.807) is 0 Å². The van der Waals surface area contributed by atoms with E-state index in [0.29, 0.717) is 13.0 Å². The van der Waals surface area contributed by atoms with Crippen molar-refractivity contribution in [3.05, 3.63) is 33.8 Å². The minimum Gasteiger partial charge on any atom is -0.326 e. The Morgan fingerprint density at radius 1 is 1.50 bits per heavy atom. The van der Waals surface area contributed by atoms with Crippen molar-refractivity contribution in [3.63, 3.8) is 0 Å². The van der Waals surface area contributed by atoms with Crippen LogP contribution in [0, 0.1) is 11.3 Å². The van der Waals surface area contributed by atoms with Crippen molar-refractivity contribution in [1.82, 2.24) is 0 Å². The van der Waals surface area contributed by atoms with Gasteiger partial charge in [0.1, 0.15) is 0 Å². The van der Waals surface area contributed by atoms with Crippen LogP contribution in [0.3, 0.4) is 0 Å². The molecular formula is C9H9BrN2. The smallest absolute Gasteiger partial charge is 0.0670 e.